The van der Waals surface area contributed by atoms with Crippen molar-refractivity contribution < 1.29 is 13.5 Å². The summed E-state index contributed by atoms with van der Waals surface area (Å²) in [6.45, 7) is -0.132. The number of benzene rings is 3. The van der Waals surface area contributed by atoms with Gasteiger partial charge in [0.05, 0.1) is 5.56 Å². The third-order valence-corrected chi connectivity index (χ3v) is 3.18. The van der Waals surface area contributed by atoms with E-state index in [1.54, 1.807) is 6.07 Å². The lowest BCUT2D eigenvalue weighted by Gasteiger charge is -2.10. The summed E-state index contributed by atoms with van der Waals surface area (Å²) >= 11 is 0. The first kappa shape index (κ1) is 12.6. The molecular formula is C17H12F2O. The lowest BCUT2D eigenvalue weighted by Crippen LogP contribution is -2.02. The maximum Gasteiger partial charge on any atom is 0.132 e. The minimum Gasteiger partial charge on any atom is -0.488 e. The van der Waals surface area contributed by atoms with Crippen LogP contribution in [-0.2, 0) is 6.61 Å². The second-order valence-electron chi connectivity index (χ2n) is 4.47. The molecule has 0 fully saturated rings. The van der Waals surface area contributed by atoms with Gasteiger partial charge in [-0.25, -0.2) is 8.78 Å². The van der Waals surface area contributed by atoms with E-state index in [0.29, 0.717) is 5.75 Å². The van der Waals surface area contributed by atoms with Crippen LogP contribution in [0.4, 0.5) is 8.78 Å². The molecule has 0 bridgehead atoms. The molecule has 0 aliphatic carbocycles. The van der Waals surface area contributed by atoms with Gasteiger partial charge in [0.15, 0.2) is 0 Å². The number of fused-ring (bicyclic) bond motifs is 1. The maximum absolute atomic E-state index is 13.5. The minimum absolute atomic E-state index is 0.0552. The largest absolute Gasteiger partial charge is 0.488 e. The molecule has 3 rings (SSSR count). The Morgan fingerprint density at radius 2 is 1.40 bits per heavy atom. The summed E-state index contributed by atoms with van der Waals surface area (Å²) in [5, 5.41) is 1.95. The first-order valence-corrected chi connectivity index (χ1v) is 6.29. The molecule has 0 unspecified atom stereocenters. The van der Waals surface area contributed by atoms with Gasteiger partial charge >= 0.3 is 0 Å². The van der Waals surface area contributed by atoms with E-state index in [2.05, 4.69) is 0 Å². The summed E-state index contributed by atoms with van der Waals surface area (Å²) in [4.78, 5) is 0. The Kier molecular flexibility index (Phi) is 3.33. The fourth-order valence-corrected chi connectivity index (χ4v) is 2.14. The average Bonchev–Trinajstić information content (AvgIpc) is 2.47. The first-order chi connectivity index (χ1) is 9.75. The fraction of sp³-hybridized carbons (Fsp3) is 0.0588. The number of rotatable bonds is 3. The van der Waals surface area contributed by atoms with Crippen LogP contribution >= 0.6 is 0 Å². The van der Waals surface area contributed by atoms with E-state index in [9.17, 15) is 8.78 Å². The van der Waals surface area contributed by atoms with Gasteiger partial charge in [-0.1, -0.05) is 42.5 Å². The van der Waals surface area contributed by atoms with Crippen LogP contribution in [0.5, 0.6) is 5.75 Å². The van der Waals surface area contributed by atoms with Gasteiger partial charge in [0, 0.05) is 5.39 Å². The van der Waals surface area contributed by atoms with E-state index in [1.807, 2.05) is 36.4 Å². The first-order valence-electron chi connectivity index (χ1n) is 6.29. The van der Waals surface area contributed by atoms with Crippen molar-refractivity contribution in [2.45, 2.75) is 6.61 Å². The molecule has 1 nitrogen and oxygen atoms in total. The molecule has 3 aromatic rings. The lowest BCUT2D eigenvalue weighted by atomic mass is 10.1. The smallest absolute Gasteiger partial charge is 0.132 e. The molecule has 0 N–H and O–H groups in total. The highest BCUT2D eigenvalue weighted by Gasteiger charge is 2.09. The zero-order valence-corrected chi connectivity index (χ0v) is 10.6. The summed E-state index contributed by atoms with van der Waals surface area (Å²) in [7, 11) is 0. The molecule has 3 heteroatoms. The maximum atomic E-state index is 13.5. The third kappa shape index (κ3) is 2.35. The molecule has 20 heavy (non-hydrogen) atoms. The van der Waals surface area contributed by atoms with Crippen molar-refractivity contribution in [3.8, 4) is 5.75 Å². The van der Waals surface area contributed by atoms with Crippen molar-refractivity contribution in [1.29, 1.82) is 0 Å². The molecule has 0 amide bonds. The second kappa shape index (κ2) is 5.29. The summed E-state index contributed by atoms with van der Waals surface area (Å²) < 4.78 is 32.7. The highest BCUT2D eigenvalue weighted by Crippen LogP contribution is 2.26. The van der Waals surface area contributed by atoms with Gasteiger partial charge in [-0.15, -0.1) is 0 Å². The van der Waals surface area contributed by atoms with Gasteiger partial charge in [-0.3, -0.25) is 0 Å². The van der Waals surface area contributed by atoms with Crippen molar-refractivity contribution in [2.75, 3.05) is 0 Å². The zero-order chi connectivity index (χ0) is 13.9. The molecule has 0 aliphatic rings. The Morgan fingerprint density at radius 3 is 2.20 bits per heavy atom. The lowest BCUT2D eigenvalue weighted by molar-refractivity contribution is 0.296. The molecule has 0 heterocycles. The van der Waals surface area contributed by atoms with Crippen LogP contribution in [0.25, 0.3) is 10.8 Å². The van der Waals surface area contributed by atoms with Gasteiger partial charge in [0.25, 0.3) is 0 Å². The Labute approximate surface area is 115 Å². The average molecular weight is 270 g/mol. The summed E-state index contributed by atoms with van der Waals surface area (Å²) in [5.41, 5.74) is -0.0552. The molecule has 3 aromatic carbocycles. The second-order valence-corrected chi connectivity index (χ2v) is 4.47. The van der Waals surface area contributed by atoms with Gasteiger partial charge < -0.3 is 4.74 Å². The van der Waals surface area contributed by atoms with Crippen molar-refractivity contribution in [3.63, 3.8) is 0 Å². The molecule has 0 aliphatic heterocycles. The molecule has 0 saturated carbocycles. The quantitative estimate of drug-likeness (QED) is 0.670. The Hall–Kier alpha value is -2.42. The predicted octanol–water partition coefficient (Wildman–Crippen LogP) is 4.70. The monoisotopic (exact) mass is 270 g/mol. The van der Waals surface area contributed by atoms with Crippen molar-refractivity contribution in [1.82, 2.24) is 0 Å². The molecule has 0 saturated heterocycles. The van der Waals surface area contributed by atoms with Crippen LogP contribution in [-0.4, -0.2) is 0 Å². The fourth-order valence-electron chi connectivity index (χ4n) is 2.14. The molecule has 0 radical (unpaired) electrons. The van der Waals surface area contributed by atoms with Crippen LogP contribution in [0.1, 0.15) is 5.56 Å². The number of ether oxygens (including phenoxy) is 1. The van der Waals surface area contributed by atoms with Crippen LogP contribution in [0.15, 0.2) is 60.7 Å². The Balaban J connectivity index is 1.91. The highest BCUT2D eigenvalue weighted by molar-refractivity contribution is 5.88. The molecule has 0 aromatic heterocycles. The van der Waals surface area contributed by atoms with E-state index in [-0.39, 0.29) is 12.2 Å². The van der Waals surface area contributed by atoms with Gasteiger partial charge in [-0.05, 0) is 23.6 Å². The third-order valence-electron chi connectivity index (χ3n) is 3.18. The van der Waals surface area contributed by atoms with Gasteiger partial charge in [-0.2, -0.15) is 0 Å². The number of hydrogen-bond acceptors (Lipinski definition) is 1. The van der Waals surface area contributed by atoms with Crippen molar-refractivity contribution >= 4 is 10.8 Å². The summed E-state index contributed by atoms with van der Waals surface area (Å²) in [6.07, 6.45) is 0. The van der Waals surface area contributed by atoms with Crippen molar-refractivity contribution in [2.24, 2.45) is 0 Å². The molecule has 0 atom stereocenters. The van der Waals surface area contributed by atoms with E-state index >= 15 is 0 Å². The van der Waals surface area contributed by atoms with E-state index < -0.39 is 11.6 Å². The topological polar surface area (TPSA) is 9.23 Å². The number of halogens is 2. The zero-order valence-electron chi connectivity index (χ0n) is 10.6. The van der Waals surface area contributed by atoms with Crippen molar-refractivity contribution in [3.05, 3.63) is 77.9 Å². The molecule has 0 spiro atoms. The standard InChI is InChI=1S/C17H12F2O/c18-15-8-4-9-16(19)14(15)11-20-17-10-3-6-12-5-1-2-7-13(12)17/h1-10H,11H2. The van der Waals surface area contributed by atoms with Gasteiger partial charge in [0.1, 0.15) is 24.0 Å². The summed E-state index contributed by atoms with van der Waals surface area (Å²) in [6, 6.07) is 17.1. The van der Waals surface area contributed by atoms with Gasteiger partial charge in [0.2, 0.25) is 0 Å². The predicted molar refractivity (Wildman–Crippen MR) is 74.6 cm³/mol. The Bertz CT molecular complexity index is 727. The Morgan fingerprint density at radius 1 is 0.750 bits per heavy atom. The summed E-state index contributed by atoms with van der Waals surface area (Å²) in [5.74, 6) is -0.568. The van der Waals surface area contributed by atoms with E-state index in [0.717, 1.165) is 10.8 Å². The molecular weight excluding hydrogens is 258 g/mol. The van der Waals surface area contributed by atoms with Crippen LogP contribution < -0.4 is 4.74 Å². The normalized spacial score (nSPS) is 10.7. The van der Waals surface area contributed by atoms with E-state index in [1.165, 1.54) is 18.2 Å². The van der Waals surface area contributed by atoms with Crippen LogP contribution in [0, 0.1) is 11.6 Å². The highest BCUT2D eigenvalue weighted by atomic mass is 19.1. The van der Waals surface area contributed by atoms with E-state index in [4.69, 9.17) is 4.74 Å². The van der Waals surface area contributed by atoms with Crippen LogP contribution in [0.3, 0.4) is 0 Å². The minimum atomic E-state index is -0.592. The van der Waals surface area contributed by atoms with Crippen LogP contribution in [0.2, 0.25) is 0 Å². The molecule has 100 valence electrons. The number of hydrogen-bond donors (Lipinski definition) is 0. The SMILES string of the molecule is Fc1cccc(F)c1COc1cccc2ccccc12.